The van der Waals surface area contributed by atoms with Crippen LogP contribution in [-0.4, -0.2) is 10.5 Å². The van der Waals surface area contributed by atoms with E-state index in [4.69, 9.17) is 11.6 Å². The Bertz CT molecular complexity index is 1090. The van der Waals surface area contributed by atoms with E-state index in [0.29, 0.717) is 5.69 Å². The maximum Gasteiger partial charge on any atom is 0.272 e. The lowest BCUT2D eigenvalue weighted by Crippen LogP contribution is -2.18. The van der Waals surface area contributed by atoms with Crippen LogP contribution in [-0.2, 0) is 7.05 Å². The van der Waals surface area contributed by atoms with Crippen molar-refractivity contribution in [1.29, 1.82) is 0 Å². The summed E-state index contributed by atoms with van der Waals surface area (Å²) < 4.78 is 1.92. The van der Waals surface area contributed by atoms with Crippen molar-refractivity contribution >= 4 is 34.1 Å². The van der Waals surface area contributed by atoms with Crippen molar-refractivity contribution in [2.24, 2.45) is 7.05 Å². The van der Waals surface area contributed by atoms with Gasteiger partial charge in [-0.05, 0) is 23.8 Å². The highest BCUT2D eigenvalue weighted by Gasteiger charge is 2.26. The lowest BCUT2D eigenvalue weighted by molar-refractivity contribution is 0.101. The monoisotopic (exact) mass is 374 g/mol. The van der Waals surface area contributed by atoms with E-state index < -0.39 is 5.38 Å². The predicted octanol–water partition coefficient (Wildman–Crippen LogP) is 5.76. The summed E-state index contributed by atoms with van der Waals surface area (Å²) in [5, 5.41) is 3.55. The van der Waals surface area contributed by atoms with E-state index in [-0.39, 0.29) is 5.91 Å². The Hall–Kier alpha value is -3.04. The highest BCUT2D eigenvalue weighted by atomic mass is 35.5. The molecule has 0 aliphatic carbocycles. The molecular weight excluding hydrogens is 356 g/mol. The molecule has 0 fully saturated rings. The van der Waals surface area contributed by atoms with Crippen LogP contribution in [0, 0.1) is 0 Å². The van der Waals surface area contributed by atoms with Crippen LogP contribution in [0.4, 0.5) is 5.69 Å². The van der Waals surface area contributed by atoms with Crippen molar-refractivity contribution in [3.05, 3.63) is 102 Å². The van der Waals surface area contributed by atoms with Gasteiger partial charge in [0, 0.05) is 29.2 Å². The minimum atomic E-state index is -0.422. The van der Waals surface area contributed by atoms with Gasteiger partial charge in [-0.15, -0.1) is 11.6 Å². The van der Waals surface area contributed by atoms with Crippen LogP contribution in [0.3, 0.4) is 0 Å². The molecule has 0 saturated heterocycles. The Kier molecular flexibility index (Phi) is 4.69. The maximum atomic E-state index is 13.2. The Morgan fingerprint density at radius 2 is 1.48 bits per heavy atom. The number of nitrogens with one attached hydrogen (secondary N) is 1. The molecule has 0 radical (unpaired) electrons. The molecule has 3 aromatic carbocycles. The molecule has 1 unspecified atom stereocenters. The van der Waals surface area contributed by atoms with Crippen LogP contribution >= 0.6 is 11.6 Å². The average Bonchev–Trinajstić information content (AvgIpc) is 3.02. The lowest BCUT2D eigenvalue weighted by atomic mass is 10.0. The summed E-state index contributed by atoms with van der Waals surface area (Å²) in [5.74, 6) is -0.170. The summed E-state index contributed by atoms with van der Waals surface area (Å²) in [4.78, 5) is 13.2. The number of nitrogens with zero attached hydrogens (tertiary/aromatic N) is 1. The van der Waals surface area contributed by atoms with Gasteiger partial charge in [-0.25, -0.2) is 0 Å². The fraction of sp³-hybridized carbons (Fsp3) is 0.0870. The van der Waals surface area contributed by atoms with Gasteiger partial charge in [0.1, 0.15) is 5.69 Å². The van der Waals surface area contributed by atoms with Crippen LogP contribution < -0.4 is 5.32 Å². The van der Waals surface area contributed by atoms with Crippen LogP contribution in [0.5, 0.6) is 0 Å². The van der Waals surface area contributed by atoms with Gasteiger partial charge >= 0.3 is 0 Å². The molecule has 134 valence electrons. The number of fused-ring (bicyclic) bond motifs is 1. The number of rotatable bonds is 4. The summed E-state index contributed by atoms with van der Waals surface area (Å²) in [6.07, 6.45) is 0. The molecule has 0 bridgehead atoms. The van der Waals surface area contributed by atoms with Gasteiger partial charge in [0.05, 0.1) is 5.38 Å². The summed E-state index contributed by atoms with van der Waals surface area (Å²) in [6, 6.07) is 27.3. The van der Waals surface area contributed by atoms with Crippen molar-refractivity contribution < 1.29 is 4.79 Å². The van der Waals surface area contributed by atoms with E-state index in [1.165, 1.54) is 0 Å². The Morgan fingerprint density at radius 1 is 0.889 bits per heavy atom. The summed E-state index contributed by atoms with van der Waals surface area (Å²) in [7, 11) is 1.90. The average molecular weight is 375 g/mol. The molecule has 4 aromatic rings. The first-order valence-electron chi connectivity index (χ1n) is 8.79. The second-order valence-electron chi connectivity index (χ2n) is 6.43. The van der Waals surface area contributed by atoms with Crippen LogP contribution in [0.25, 0.3) is 10.9 Å². The number of halogens is 1. The molecule has 0 saturated carbocycles. The number of aromatic nitrogens is 1. The molecule has 27 heavy (non-hydrogen) atoms. The Balaban J connectivity index is 1.86. The third kappa shape index (κ3) is 3.22. The lowest BCUT2D eigenvalue weighted by Gasteiger charge is -2.14. The van der Waals surface area contributed by atoms with Crippen molar-refractivity contribution in [2.45, 2.75) is 5.38 Å². The minimum Gasteiger partial charge on any atom is -0.339 e. The zero-order valence-electron chi connectivity index (χ0n) is 14.9. The summed E-state index contributed by atoms with van der Waals surface area (Å²) in [6.45, 7) is 0. The number of hydrogen-bond donors (Lipinski definition) is 1. The Morgan fingerprint density at radius 3 is 2.19 bits per heavy atom. The van der Waals surface area contributed by atoms with Gasteiger partial charge < -0.3 is 9.88 Å². The zero-order chi connectivity index (χ0) is 18.8. The van der Waals surface area contributed by atoms with Crippen LogP contribution in [0.1, 0.15) is 27.0 Å². The number of anilines is 1. The molecule has 3 nitrogen and oxygen atoms in total. The van der Waals surface area contributed by atoms with E-state index >= 15 is 0 Å². The van der Waals surface area contributed by atoms with Gasteiger partial charge in [0.25, 0.3) is 5.91 Å². The van der Waals surface area contributed by atoms with E-state index in [2.05, 4.69) is 5.32 Å². The van der Waals surface area contributed by atoms with Crippen LogP contribution in [0.15, 0.2) is 84.9 Å². The van der Waals surface area contributed by atoms with Crippen molar-refractivity contribution in [3.63, 3.8) is 0 Å². The molecule has 4 rings (SSSR count). The van der Waals surface area contributed by atoms with Crippen molar-refractivity contribution in [3.8, 4) is 0 Å². The molecule has 0 spiro atoms. The number of carbonyl (C=O) groups excluding carboxylic acids is 1. The highest BCUT2D eigenvalue weighted by molar-refractivity contribution is 6.25. The number of amides is 1. The first kappa shape index (κ1) is 17.4. The summed E-state index contributed by atoms with van der Waals surface area (Å²) in [5.41, 5.74) is 4.10. The topological polar surface area (TPSA) is 34.0 Å². The molecule has 1 heterocycles. The van der Waals surface area contributed by atoms with E-state index in [9.17, 15) is 4.79 Å². The Labute approximate surface area is 163 Å². The standard InChI is InChI=1S/C23H19ClN2O/c1-26-19-15-9-8-14-18(19)20(21(24)16-10-4-2-5-11-16)22(26)23(27)25-17-12-6-3-7-13-17/h2-15,21H,1H3,(H,25,27). The number of alkyl halides is 1. The van der Waals surface area contributed by atoms with Crippen molar-refractivity contribution in [2.75, 3.05) is 5.32 Å². The van der Waals surface area contributed by atoms with E-state index in [1.807, 2.05) is 96.5 Å². The number of carbonyl (C=O) groups is 1. The second kappa shape index (κ2) is 7.29. The minimum absolute atomic E-state index is 0.170. The van der Waals surface area contributed by atoms with Gasteiger partial charge in [0.2, 0.25) is 0 Å². The molecule has 1 atom stereocenters. The smallest absolute Gasteiger partial charge is 0.272 e. The van der Waals surface area contributed by atoms with Gasteiger partial charge in [0.15, 0.2) is 0 Å². The van der Waals surface area contributed by atoms with Crippen molar-refractivity contribution in [1.82, 2.24) is 4.57 Å². The molecule has 4 heteroatoms. The first-order chi connectivity index (χ1) is 13.2. The zero-order valence-corrected chi connectivity index (χ0v) is 15.6. The normalized spacial score (nSPS) is 12.1. The van der Waals surface area contributed by atoms with Crippen LogP contribution in [0.2, 0.25) is 0 Å². The van der Waals surface area contributed by atoms with Gasteiger partial charge in [-0.3, -0.25) is 4.79 Å². The molecule has 0 aliphatic heterocycles. The first-order valence-corrected chi connectivity index (χ1v) is 9.23. The third-order valence-corrected chi connectivity index (χ3v) is 5.21. The number of hydrogen-bond acceptors (Lipinski definition) is 1. The predicted molar refractivity (Wildman–Crippen MR) is 111 cm³/mol. The fourth-order valence-electron chi connectivity index (χ4n) is 3.45. The molecule has 1 N–H and O–H groups in total. The largest absolute Gasteiger partial charge is 0.339 e. The van der Waals surface area contributed by atoms with E-state index in [0.717, 1.165) is 27.7 Å². The molecule has 0 aliphatic rings. The second-order valence-corrected chi connectivity index (χ2v) is 6.87. The number of benzene rings is 3. The summed E-state index contributed by atoms with van der Waals surface area (Å²) >= 11 is 6.88. The van der Waals surface area contributed by atoms with Gasteiger partial charge in [-0.2, -0.15) is 0 Å². The maximum absolute atomic E-state index is 13.2. The highest BCUT2D eigenvalue weighted by Crippen LogP contribution is 2.38. The number of aryl methyl sites for hydroxylation is 1. The SMILES string of the molecule is Cn1c(C(=O)Nc2ccccc2)c(C(Cl)c2ccccc2)c2ccccc21. The molecular formula is C23H19ClN2O. The van der Waals surface area contributed by atoms with Gasteiger partial charge in [-0.1, -0.05) is 66.7 Å². The number of para-hydroxylation sites is 2. The van der Waals surface area contributed by atoms with E-state index in [1.54, 1.807) is 0 Å². The third-order valence-electron chi connectivity index (χ3n) is 4.74. The molecule has 1 amide bonds. The quantitative estimate of drug-likeness (QED) is 0.453. The fourth-order valence-corrected chi connectivity index (χ4v) is 3.82. The molecule has 1 aromatic heterocycles.